The Morgan fingerprint density at radius 1 is 1.21 bits per heavy atom. The summed E-state index contributed by atoms with van der Waals surface area (Å²) in [5, 5.41) is 0. The number of hydrogen-bond donors (Lipinski definition) is 1. The number of nitrogens with zero attached hydrogens (tertiary/aromatic N) is 2. The smallest absolute Gasteiger partial charge is 0.262 e. The van der Waals surface area contributed by atoms with Crippen molar-refractivity contribution in [2.24, 2.45) is 0 Å². The highest BCUT2D eigenvalue weighted by atomic mass is 32.2. The first-order chi connectivity index (χ1) is 11.4. The van der Waals surface area contributed by atoms with Gasteiger partial charge in [0.1, 0.15) is 5.69 Å². The summed E-state index contributed by atoms with van der Waals surface area (Å²) < 4.78 is 33.2. The Hall–Kier alpha value is -2.12. The number of aryl methyl sites for hydroxylation is 1. The minimum absolute atomic E-state index is 0.199. The van der Waals surface area contributed by atoms with Gasteiger partial charge in [-0.3, -0.25) is 4.72 Å². The molecule has 0 radical (unpaired) electrons. The van der Waals surface area contributed by atoms with Gasteiger partial charge in [-0.15, -0.1) is 0 Å². The predicted molar refractivity (Wildman–Crippen MR) is 94.9 cm³/mol. The minimum atomic E-state index is -3.67. The van der Waals surface area contributed by atoms with Crippen LogP contribution >= 0.6 is 0 Å². The Labute approximate surface area is 143 Å². The molecule has 0 spiro atoms. The van der Waals surface area contributed by atoms with Crippen LogP contribution in [0.3, 0.4) is 0 Å². The molecule has 24 heavy (non-hydrogen) atoms. The molecule has 1 aromatic heterocycles. The van der Waals surface area contributed by atoms with Gasteiger partial charge in [0.25, 0.3) is 10.0 Å². The number of ether oxygens (including phenoxy) is 1. The van der Waals surface area contributed by atoms with E-state index in [4.69, 9.17) is 4.74 Å². The van der Waals surface area contributed by atoms with Gasteiger partial charge in [-0.1, -0.05) is 18.2 Å². The normalized spacial score (nSPS) is 11.5. The van der Waals surface area contributed by atoms with E-state index in [1.807, 2.05) is 21.0 Å². The molecule has 0 aliphatic carbocycles. The van der Waals surface area contributed by atoms with Crippen molar-refractivity contribution >= 4 is 15.7 Å². The van der Waals surface area contributed by atoms with Crippen LogP contribution in [-0.2, 0) is 10.0 Å². The summed E-state index contributed by atoms with van der Waals surface area (Å²) >= 11 is 0. The molecule has 2 rings (SSSR count). The predicted octanol–water partition coefficient (Wildman–Crippen LogP) is 2.52. The first-order valence-electron chi connectivity index (χ1n) is 7.70. The van der Waals surface area contributed by atoms with Crippen LogP contribution in [0.1, 0.15) is 12.0 Å². The number of rotatable bonds is 8. The maximum atomic E-state index is 12.5. The molecule has 7 heteroatoms. The minimum Gasteiger partial charge on any atom is -0.476 e. The molecular formula is C17H23N3O3S. The Morgan fingerprint density at radius 2 is 1.92 bits per heavy atom. The standard InChI is InChI=1S/C17H23N3O3S/c1-14-12-16(17(18-13-14)23-11-7-10-20(2)3)19-24(21,22)15-8-5-4-6-9-15/h4-6,8-9,12-13,19H,7,10-11H2,1-3H3. The topological polar surface area (TPSA) is 71.5 Å². The highest BCUT2D eigenvalue weighted by Gasteiger charge is 2.17. The van der Waals surface area contributed by atoms with Crippen molar-refractivity contribution in [2.45, 2.75) is 18.2 Å². The first-order valence-corrected chi connectivity index (χ1v) is 9.19. The van der Waals surface area contributed by atoms with E-state index < -0.39 is 10.0 Å². The lowest BCUT2D eigenvalue weighted by molar-refractivity contribution is 0.274. The molecule has 0 amide bonds. The number of nitrogens with one attached hydrogen (secondary N) is 1. The van der Waals surface area contributed by atoms with Crippen molar-refractivity contribution in [3.63, 3.8) is 0 Å². The van der Waals surface area contributed by atoms with E-state index in [-0.39, 0.29) is 4.90 Å². The van der Waals surface area contributed by atoms with Gasteiger partial charge in [-0.25, -0.2) is 13.4 Å². The number of benzene rings is 1. The van der Waals surface area contributed by atoms with Crippen LogP contribution in [0.15, 0.2) is 47.5 Å². The van der Waals surface area contributed by atoms with Crippen LogP contribution in [0.25, 0.3) is 0 Å². The van der Waals surface area contributed by atoms with Gasteiger partial charge >= 0.3 is 0 Å². The summed E-state index contributed by atoms with van der Waals surface area (Å²) in [5.74, 6) is 0.291. The fraction of sp³-hybridized carbons (Fsp3) is 0.353. The average Bonchev–Trinajstić information content (AvgIpc) is 2.53. The largest absolute Gasteiger partial charge is 0.476 e. The fourth-order valence-corrected chi connectivity index (χ4v) is 3.17. The van der Waals surface area contributed by atoms with Gasteiger partial charge in [0, 0.05) is 12.7 Å². The summed E-state index contributed by atoms with van der Waals surface area (Å²) in [7, 11) is 0.304. The quantitative estimate of drug-likeness (QED) is 0.742. The van der Waals surface area contributed by atoms with E-state index in [9.17, 15) is 8.42 Å². The lowest BCUT2D eigenvalue weighted by Crippen LogP contribution is -2.17. The Balaban J connectivity index is 2.15. The maximum absolute atomic E-state index is 12.5. The van der Waals surface area contributed by atoms with Gasteiger partial charge in [0.15, 0.2) is 0 Å². The lowest BCUT2D eigenvalue weighted by atomic mass is 10.3. The van der Waals surface area contributed by atoms with E-state index in [0.717, 1.165) is 18.5 Å². The number of sulfonamides is 1. The third-order valence-corrected chi connectivity index (χ3v) is 4.66. The van der Waals surface area contributed by atoms with Crippen molar-refractivity contribution in [2.75, 3.05) is 32.0 Å². The number of hydrogen-bond acceptors (Lipinski definition) is 5. The molecule has 1 N–H and O–H groups in total. The molecule has 0 atom stereocenters. The summed E-state index contributed by atoms with van der Waals surface area (Å²) in [6.07, 6.45) is 2.48. The molecular weight excluding hydrogens is 326 g/mol. The molecule has 0 aliphatic heterocycles. The summed E-state index contributed by atoms with van der Waals surface area (Å²) in [6, 6.07) is 9.94. The molecule has 0 unspecified atom stereocenters. The van der Waals surface area contributed by atoms with Crippen LogP contribution in [0.5, 0.6) is 5.88 Å². The lowest BCUT2D eigenvalue weighted by Gasteiger charge is -2.14. The van der Waals surface area contributed by atoms with E-state index in [0.29, 0.717) is 18.2 Å². The Morgan fingerprint density at radius 3 is 2.58 bits per heavy atom. The Bertz CT molecular complexity index is 762. The number of pyridine rings is 1. The third-order valence-electron chi connectivity index (χ3n) is 3.27. The van der Waals surface area contributed by atoms with Crippen molar-refractivity contribution in [1.29, 1.82) is 0 Å². The zero-order valence-corrected chi connectivity index (χ0v) is 15.0. The Kier molecular flexibility index (Phi) is 6.16. The van der Waals surface area contributed by atoms with Gasteiger partial charge in [-0.05, 0) is 51.2 Å². The fourth-order valence-electron chi connectivity index (χ4n) is 2.10. The molecule has 0 saturated heterocycles. The zero-order valence-electron chi connectivity index (χ0n) is 14.2. The van der Waals surface area contributed by atoms with E-state index in [1.165, 1.54) is 0 Å². The van der Waals surface area contributed by atoms with Crippen molar-refractivity contribution < 1.29 is 13.2 Å². The molecule has 6 nitrogen and oxygen atoms in total. The summed E-state index contributed by atoms with van der Waals surface area (Å²) in [4.78, 5) is 6.47. The third kappa shape index (κ3) is 5.21. The molecule has 0 aliphatic rings. The molecule has 0 saturated carbocycles. The second-order valence-electron chi connectivity index (χ2n) is 5.79. The van der Waals surface area contributed by atoms with Crippen molar-refractivity contribution in [1.82, 2.24) is 9.88 Å². The van der Waals surface area contributed by atoms with Gasteiger partial charge in [0.2, 0.25) is 5.88 Å². The highest BCUT2D eigenvalue weighted by Crippen LogP contribution is 2.25. The molecule has 130 valence electrons. The van der Waals surface area contributed by atoms with E-state index >= 15 is 0 Å². The van der Waals surface area contributed by atoms with Crippen molar-refractivity contribution in [3.8, 4) is 5.88 Å². The first kappa shape index (κ1) is 18.2. The summed E-state index contributed by atoms with van der Waals surface area (Å²) in [6.45, 7) is 3.20. The molecule has 0 fully saturated rings. The summed E-state index contributed by atoms with van der Waals surface area (Å²) in [5.41, 5.74) is 1.20. The second-order valence-corrected chi connectivity index (χ2v) is 7.47. The monoisotopic (exact) mass is 349 g/mol. The highest BCUT2D eigenvalue weighted by molar-refractivity contribution is 7.92. The van der Waals surface area contributed by atoms with Gasteiger partial charge < -0.3 is 9.64 Å². The van der Waals surface area contributed by atoms with Crippen molar-refractivity contribution in [3.05, 3.63) is 48.2 Å². The van der Waals surface area contributed by atoms with Crippen LogP contribution in [0, 0.1) is 6.92 Å². The number of anilines is 1. The van der Waals surface area contributed by atoms with E-state index in [1.54, 1.807) is 42.6 Å². The van der Waals surface area contributed by atoms with Gasteiger partial charge in [-0.2, -0.15) is 0 Å². The molecule has 0 bridgehead atoms. The average molecular weight is 349 g/mol. The van der Waals surface area contributed by atoms with Crippen LogP contribution in [0.4, 0.5) is 5.69 Å². The SMILES string of the molecule is Cc1cnc(OCCCN(C)C)c(NS(=O)(=O)c2ccccc2)c1. The van der Waals surface area contributed by atoms with Crippen LogP contribution < -0.4 is 9.46 Å². The molecule has 2 aromatic rings. The molecule has 1 aromatic carbocycles. The van der Waals surface area contributed by atoms with E-state index in [2.05, 4.69) is 14.6 Å². The number of aromatic nitrogens is 1. The van der Waals surface area contributed by atoms with Crippen LogP contribution in [-0.4, -0.2) is 45.5 Å². The maximum Gasteiger partial charge on any atom is 0.262 e. The second kappa shape index (κ2) is 8.12. The van der Waals surface area contributed by atoms with Crippen LogP contribution in [0.2, 0.25) is 0 Å². The molecule has 1 heterocycles. The van der Waals surface area contributed by atoms with Gasteiger partial charge in [0.05, 0.1) is 11.5 Å². The zero-order chi connectivity index (χ0) is 17.6.